The molecule has 0 saturated carbocycles. The van der Waals surface area contributed by atoms with E-state index in [4.69, 9.17) is 18.7 Å². The van der Waals surface area contributed by atoms with E-state index in [1.807, 2.05) is 0 Å². The summed E-state index contributed by atoms with van der Waals surface area (Å²) in [7, 11) is 0. The Kier molecular flexibility index (Phi) is 7.28. The molecule has 2 aromatic heterocycles. The minimum atomic E-state index is -0.943. The first kappa shape index (κ1) is 23.1. The summed E-state index contributed by atoms with van der Waals surface area (Å²) in [6.07, 6.45) is 0.603. The molecule has 12 heteroatoms. The molecular formula is C22H20N4O7S. The second-order valence-corrected chi connectivity index (χ2v) is 8.02. The van der Waals surface area contributed by atoms with Crippen molar-refractivity contribution in [2.24, 2.45) is 0 Å². The van der Waals surface area contributed by atoms with Crippen LogP contribution in [0.2, 0.25) is 0 Å². The summed E-state index contributed by atoms with van der Waals surface area (Å²) < 4.78 is 21.1. The minimum absolute atomic E-state index is 0.0109. The van der Waals surface area contributed by atoms with E-state index in [-0.39, 0.29) is 12.2 Å². The lowest BCUT2D eigenvalue weighted by Gasteiger charge is -2.25. The van der Waals surface area contributed by atoms with Gasteiger partial charge >= 0.3 is 5.97 Å². The monoisotopic (exact) mass is 484 g/mol. The third-order valence-electron chi connectivity index (χ3n) is 4.49. The van der Waals surface area contributed by atoms with E-state index in [1.165, 1.54) is 11.8 Å². The fraction of sp³-hybridized carbons (Fsp3) is 0.227. The largest absolute Gasteiger partial charge is 0.485 e. The second-order valence-electron chi connectivity index (χ2n) is 7.05. The van der Waals surface area contributed by atoms with E-state index < -0.39 is 30.5 Å². The summed E-state index contributed by atoms with van der Waals surface area (Å²) >= 11 is 1.28. The number of carbonyl (C=O) groups is 3. The van der Waals surface area contributed by atoms with Crippen LogP contribution in [-0.4, -0.2) is 47.2 Å². The van der Waals surface area contributed by atoms with Gasteiger partial charge in [0.2, 0.25) is 6.10 Å². The van der Waals surface area contributed by atoms with Gasteiger partial charge in [-0.25, -0.2) is 9.78 Å². The van der Waals surface area contributed by atoms with Crippen molar-refractivity contribution < 1.29 is 33.1 Å². The maximum Gasteiger partial charge on any atom is 0.341 e. The number of hydrogen-bond acceptors (Lipinski definition) is 10. The van der Waals surface area contributed by atoms with Crippen molar-refractivity contribution in [3.05, 3.63) is 65.7 Å². The fourth-order valence-electron chi connectivity index (χ4n) is 2.89. The van der Waals surface area contributed by atoms with Crippen molar-refractivity contribution in [1.82, 2.24) is 21.0 Å². The molecule has 0 saturated heterocycles. The Morgan fingerprint density at radius 3 is 2.76 bits per heavy atom. The van der Waals surface area contributed by atoms with E-state index in [0.717, 1.165) is 0 Å². The predicted octanol–water partition coefficient (Wildman–Crippen LogP) is 1.81. The number of ether oxygens (including phenoxy) is 3. The average molecular weight is 484 g/mol. The van der Waals surface area contributed by atoms with Gasteiger partial charge in [-0.3, -0.25) is 20.4 Å². The number of nitrogens with zero attached hydrogens (tertiary/aromatic N) is 2. The van der Waals surface area contributed by atoms with Crippen LogP contribution in [0.4, 0.5) is 0 Å². The van der Waals surface area contributed by atoms with Crippen LogP contribution >= 0.6 is 11.8 Å². The molecule has 1 aromatic carbocycles. The first-order chi connectivity index (χ1) is 16.5. The molecule has 176 valence electrons. The number of hydrazine groups is 1. The molecule has 1 unspecified atom stereocenters. The number of amides is 2. The molecule has 0 fully saturated rings. The van der Waals surface area contributed by atoms with Gasteiger partial charge in [-0.15, -0.1) is 0 Å². The first-order valence-corrected chi connectivity index (χ1v) is 11.1. The van der Waals surface area contributed by atoms with Gasteiger partial charge in [-0.2, -0.15) is 0 Å². The molecule has 0 spiro atoms. The summed E-state index contributed by atoms with van der Waals surface area (Å²) in [5.74, 6) is 0.0250. The first-order valence-electron chi connectivity index (χ1n) is 10.1. The lowest BCUT2D eigenvalue weighted by Crippen LogP contribution is -2.51. The van der Waals surface area contributed by atoms with Crippen LogP contribution in [0.1, 0.15) is 21.8 Å². The number of carbonyl (C=O) groups excluding carboxylic acids is 3. The predicted molar refractivity (Wildman–Crippen MR) is 118 cm³/mol. The Hall–Kier alpha value is -4.06. The number of esters is 1. The molecule has 0 radical (unpaired) electrons. The third kappa shape index (κ3) is 5.84. The second kappa shape index (κ2) is 10.7. The van der Waals surface area contributed by atoms with Crippen LogP contribution in [0.3, 0.4) is 0 Å². The zero-order chi connectivity index (χ0) is 23.9. The summed E-state index contributed by atoms with van der Waals surface area (Å²) in [4.78, 5) is 41.0. The van der Waals surface area contributed by atoms with E-state index in [9.17, 15) is 14.4 Å². The van der Waals surface area contributed by atoms with Crippen LogP contribution in [0.5, 0.6) is 11.5 Å². The smallest absolute Gasteiger partial charge is 0.341 e. The van der Waals surface area contributed by atoms with Crippen molar-refractivity contribution in [3.8, 4) is 11.5 Å². The summed E-state index contributed by atoms with van der Waals surface area (Å²) in [6.45, 7) is 1.17. The maximum atomic E-state index is 12.5. The quantitative estimate of drug-likeness (QED) is 0.290. The normalized spacial score (nSPS) is 14.2. The Labute approximate surface area is 198 Å². The lowest BCUT2D eigenvalue weighted by atomic mass is 10.2. The van der Waals surface area contributed by atoms with Crippen LogP contribution in [0.25, 0.3) is 0 Å². The molecule has 0 aliphatic carbocycles. The number of benzene rings is 1. The average Bonchev–Trinajstić information content (AvgIpc) is 3.29. The van der Waals surface area contributed by atoms with Crippen LogP contribution < -0.4 is 20.3 Å². The van der Waals surface area contributed by atoms with Crippen molar-refractivity contribution in [1.29, 1.82) is 0 Å². The van der Waals surface area contributed by atoms with E-state index in [1.54, 1.807) is 55.6 Å². The van der Waals surface area contributed by atoms with Gasteiger partial charge in [0.25, 0.3) is 11.8 Å². The molecule has 3 heterocycles. The van der Waals surface area contributed by atoms with Gasteiger partial charge in [0.1, 0.15) is 17.4 Å². The van der Waals surface area contributed by atoms with Crippen LogP contribution in [0, 0.1) is 6.92 Å². The number of nitrogens with one attached hydrogen (secondary N) is 2. The van der Waals surface area contributed by atoms with Crippen molar-refractivity contribution >= 4 is 29.5 Å². The van der Waals surface area contributed by atoms with Crippen molar-refractivity contribution in [2.45, 2.75) is 23.8 Å². The van der Waals surface area contributed by atoms with Gasteiger partial charge in [-0.05, 0) is 31.2 Å². The molecule has 2 amide bonds. The molecule has 1 aliphatic heterocycles. The number of para-hydroxylation sites is 2. The third-order valence-corrected chi connectivity index (χ3v) is 5.52. The van der Waals surface area contributed by atoms with E-state index in [0.29, 0.717) is 33.7 Å². The highest BCUT2D eigenvalue weighted by molar-refractivity contribution is 7.98. The number of rotatable bonds is 7. The van der Waals surface area contributed by atoms with Gasteiger partial charge in [0.15, 0.2) is 18.1 Å². The number of fused-ring (bicyclic) bond motifs is 1. The zero-order valence-electron chi connectivity index (χ0n) is 18.0. The highest BCUT2D eigenvalue weighted by Gasteiger charge is 2.27. The fourth-order valence-corrected chi connectivity index (χ4v) is 3.76. The number of aromatic nitrogens is 2. The summed E-state index contributed by atoms with van der Waals surface area (Å²) in [6, 6.07) is 11.9. The molecule has 34 heavy (non-hydrogen) atoms. The number of aryl methyl sites for hydroxylation is 1. The molecule has 3 aromatic rings. The zero-order valence-corrected chi connectivity index (χ0v) is 18.8. The van der Waals surface area contributed by atoms with Crippen molar-refractivity contribution in [3.63, 3.8) is 0 Å². The number of hydrogen-bond donors (Lipinski definition) is 2. The van der Waals surface area contributed by atoms with E-state index in [2.05, 4.69) is 21.0 Å². The van der Waals surface area contributed by atoms with Gasteiger partial charge in [0.05, 0.1) is 11.3 Å². The Morgan fingerprint density at radius 1 is 1.15 bits per heavy atom. The van der Waals surface area contributed by atoms with Crippen LogP contribution in [0.15, 0.2) is 58.2 Å². The van der Waals surface area contributed by atoms with Crippen molar-refractivity contribution in [2.75, 3.05) is 13.2 Å². The van der Waals surface area contributed by atoms with E-state index >= 15 is 0 Å². The van der Waals surface area contributed by atoms with Gasteiger partial charge in [-0.1, -0.05) is 29.1 Å². The maximum absolute atomic E-state index is 12.5. The lowest BCUT2D eigenvalue weighted by molar-refractivity contribution is -0.135. The van der Waals surface area contributed by atoms with Gasteiger partial charge in [0, 0.05) is 18.0 Å². The molecule has 0 bridgehead atoms. The molecule has 2 N–H and O–H groups in total. The Balaban J connectivity index is 1.23. The molecule has 1 aliphatic rings. The molecule has 4 rings (SSSR count). The highest BCUT2D eigenvalue weighted by Crippen LogP contribution is 2.30. The number of pyridine rings is 1. The Morgan fingerprint density at radius 2 is 1.97 bits per heavy atom. The summed E-state index contributed by atoms with van der Waals surface area (Å²) in [5, 5.41) is 4.33. The van der Waals surface area contributed by atoms with Crippen LogP contribution in [-0.2, 0) is 20.1 Å². The molecule has 1 atom stereocenters. The molecule has 11 nitrogen and oxygen atoms in total. The number of thioether (sulfide) groups is 1. The molecular weight excluding hydrogens is 464 g/mol. The SMILES string of the molecule is Cc1cc(CSc2ncccc2C(=O)OCC(=O)NNC(=O)C2COc3ccccc3O2)no1. The topological polar surface area (TPSA) is 142 Å². The highest BCUT2D eigenvalue weighted by atomic mass is 32.2. The minimum Gasteiger partial charge on any atom is -0.485 e. The summed E-state index contributed by atoms with van der Waals surface area (Å²) in [5.41, 5.74) is 5.33. The standard InChI is InChI=1S/C22H20N4O7S/c1-13-9-14(26-33-13)12-34-21-15(5-4-8-23-21)22(29)31-11-19(27)24-25-20(28)18-10-30-16-6-2-3-7-17(16)32-18/h2-9,18H,10-12H2,1H3,(H,24,27)(H,25,28). The Bertz CT molecular complexity index is 1200. The van der Waals surface area contributed by atoms with Gasteiger partial charge < -0.3 is 18.7 Å².